The first-order chi connectivity index (χ1) is 6.65. The van der Waals surface area contributed by atoms with Gasteiger partial charge in [-0.1, -0.05) is 12.2 Å². The summed E-state index contributed by atoms with van der Waals surface area (Å²) in [7, 11) is 1.22. The molecular formula is C10H11FO3. The SMILES string of the molecule is COC(=O)[C@@]1(F)[C@H]2C=C[C@H](O2)C12CC2. The Morgan fingerprint density at radius 3 is 2.71 bits per heavy atom. The summed E-state index contributed by atoms with van der Waals surface area (Å²) in [5, 5.41) is 0. The largest absolute Gasteiger partial charge is 0.467 e. The Morgan fingerprint density at radius 1 is 1.50 bits per heavy atom. The molecule has 0 amide bonds. The van der Waals surface area contributed by atoms with Gasteiger partial charge in [0, 0.05) is 5.41 Å². The topological polar surface area (TPSA) is 35.5 Å². The van der Waals surface area contributed by atoms with Crippen molar-refractivity contribution in [2.24, 2.45) is 5.41 Å². The number of rotatable bonds is 1. The lowest BCUT2D eigenvalue weighted by Gasteiger charge is -2.29. The van der Waals surface area contributed by atoms with Crippen molar-refractivity contribution in [3.05, 3.63) is 12.2 Å². The van der Waals surface area contributed by atoms with E-state index in [-0.39, 0.29) is 6.10 Å². The second-order valence-corrected chi connectivity index (χ2v) is 4.22. The highest BCUT2D eigenvalue weighted by atomic mass is 19.1. The maximum absolute atomic E-state index is 14.6. The van der Waals surface area contributed by atoms with Crippen LogP contribution in [0.3, 0.4) is 0 Å². The van der Waals surface area contributed by atoms with Gasteiger partial charge < -0.3 is 9.47 Å². The van der Waals surface area contributed by atoms with E-state index in [4.69, 9.17) is 4.74 Å². The quantitative estimate of drug-likeness (QED) is 0.465. The number of alkyl halides is 1. The summed E-state index contributed by atoms with van der Waals surface area (Å²) < 4.78 is 24.5. The third-order valence-corrected chi connectivity index (χ3v) is 3.69. The Morgan fingerprint density at radius 2 is 2.14 bits per heavy atom. The van der Waals surface area contributed by atoms with Gasteiger partial charge >= 0.3 is 5.97 Å². The molecule has 1 aliphatic carbocycles. The van der Waals surface area contributed by atoms with Gasteiger partial charge in [0.05, 0.1) is 13.2 Å². The molecule has 76 valence electrons. The lowest BCUT2D eigenvalue weighted by Crippen LogP contribution is -2.50. The Bertz CT molecular complexity index is 334. The summed E-state index contributed by atoms with van der Waals surface area (Å²) in [4.78, 5) is 11.5. The van der Waals surface area contributed by atoms with Crippen LogP contribution in [0.15, 0.2) is 12.2 Å². The zero-order chi connectivity index (χ0) is 9.97. The molecule has 0 aromatic rings. The van der Waals surface area contributed by atoms with Gasteiger partial charge in [-0.25, -0.2) is 9.18 Å². The highest BCUT2D eigenvalue weighted by Gasteiger charge is 2.78. The van der Waals surface area contributed by atoms with Crippen LogP contribution in [0, 0.1) is 5.41 Å². The van der Waals surface area contributed by atoms with E-state index in [0.29, 0.717) is 12.8 Å². The Labute approximate surface area is 80.9 Å². The minimum atomic E-state index is -1.94. The van der Waals surface area contributed by atoms with Crippen LogP contribution in [-0.4, -0.2) is 31.0 Å². The predicted octanol–water partition coefficient (Wildman–Crippen LogP) is 0.985. The summed E-state index contributed by atoms with van der Waals surface area (Å²) in [6, 6.07) is 0. The zero-order valence-corrected chi connectivity index (χ0v) is 7.83. The number of fused-ring (bicyclic) bond motifs is 3. The van der Waals surface area contributed by atoms with Crippen molar-refractivity contribution in [3.8, 4) is 0 Å². The summed E-state index contributed by atoms with van der Waals surface area (Å²) in [5.41, 5.74) is -2.55. The van der Waals surface area contributed by atoms with Crippen LogP contribution in [0.2, 0.25) is 0 Å². The minimum absolute atomic E-state index is 0.225. The van der Waals surface area contributed by atoms with E-state index in [2.05, 4.69) is 4.74 Å². The van der Waals surface area contributed by atoms with E-state index in [0.717, 1.165) is 0 Å². The summed E-state index contributed by atoms with van der Waals surface area (Å²) in [5.74, 6) is -0.785. The number of methoxy groups -OCH3 is 1. The molecule has 0 unspecified atom stereocenters. The number of halogens is 1. The monoisotopic (exact) mass is 198 g/mol. The minimum Gasteiger partial charge on any atom is -0.467 e. The molecule has 0 aromatic heterocycles. The van der Waals surface area contributed by atoms with E-state index >= 15 is 0 Å². The van der Waals surface area contributed by atoms with E-state index in [1.54, 1.807) is 6.08 Å². The maximum Gasteiger partial charge on any atom is 0.347 e. The molecule has 3 aliphatic rings. The van der Waals surface area contributed by atoms with Crippen molar-refractivity contribution in [1.82, 2.24) is 0 Å². The highest BCUT2D eigenvalue weighted by molar-refractivity contribution is 5.84. The number of ether oxygens (including phenoxy) is 2. The van der Waals surface area contributed by atoms with Crippen LogP contribution in [0.4, 0.5) is 4.39 Å². The molecule has 1 saturated heterocycles. The molecule has 2 bridgehead atoms. The molecule has 0 N–H and O–H groups in total. The van der Waals surface area contributed by atoms with Crippen LogP contribution in [0.5, 0.6) is 0 Å². The van der Waals surface area contributed by atoms with Gasteiger partial charge in [-0.2, -0.15) is 0 Å². The number of carbonyl (C=O) groups excluding carboxylic acids is 1. The lowest BCUT2D eigenvalue weighted by atomic mass is 9.77. The Hall–Kier alpha value is -0.900. The molecule has 2 aliphatic heterocycles. The molecule has 1 spiro atoms. The van der Waals surface area contributed by atoms with Crippen molar-refractivity contribution in [2.45, 2.75) is 30.7 Å². The van der Waals surface area contributed by atoms with Crippen LogP contribution in [0.1, 0.15) is 12.8 Å². The molecule has 14 heavy (non-hydrogen) atoms. The number of hydrogen-bond acceptors (Lipinski definition) is 3. The van der Waals surface area contributed by atoms with Gasteiger partial charge in [-0.15, -0.1) is 0 Å². The van der Waals surface area contributed by atoms with E-state index in [9.17, 15) is 9.18 Å². The van der Waals surface area contributed by atoms with Crippen molar-refractivity contribution < 1.29 is 18.7 Å². The van der Waals surface area contributed by atoms with E-state index in [1.807, 2.05) is 6.08 Å². The fourth-order valence-corrected chi connectivity index (χ4v) is 2.73. The van der Waals surface area contributed by atoms with Crippen LogP contribution < -0.4 is 0 Å². The smallest absolute Gasteiger partial charge is 0.347 e. The average molecular weight is 198 g/mol. The predicted molar refractivity (Wildman–Crippen MR) is 45.3 cm³/mol. The highest BCUT2D eigenvalue weighted by Crippen LogP contribution is 2.67. The van der Waals surface area contributed by atoms with Crippen LogP contribution in [0.25, 0.3) is 0 Å². The van der Waals surface area contributed by atoms with Crippen molar-refractivity contribution in [2.75, 3.05) is 7.11 Å². The lowest BCUT2D eigenvalue weighted by molar-refractivity contribution is -0.160. The first-order valence-corrected chi connectivity index (χ1v) is 4.76. The van der Waals surface area contributed by atoms with Crippen LogP contribution >= 0.6 is 0 Å². The molecule has 0 aromatic carbocycles. The van der Waals surface area contributed by atoms with Crippen molar-refractivity contribution in [1.29, 1.82) is 0 Å². The number of esters is 1. The first kappa shape index (κ1) is 8.41. The van der Waals surface area contributed by atoms with Gasteiger partial charge in [0.2, 0.25) is 5.67 Å². The van der Waals surface area contributed by atoms with Crippen LogP contribution in [-0.2, 0) is 14.3 Å². The molecule has 3 nitrogen and oxygen atoms in total. The van der Waals surface area contributed by atoms with Gasteiger partial charge in [0.25, 0.3) is 0 Å². The molecule has 2 fully saturated rings. The van der Waals surface area contributed by atoms with Crippen molar-refractivity contribution in [3.63, 3.8) is 0 Å². The summed E-state index contributed by atoms with van der Waals surface area (Å²) in [6.45, 7) is 0. The van der Waals surface area contributed by atoms with E-state index < -0.39 is 23.2 Å². The molecule has 2 heterocycles. The molecule has 3 rings (SSSR count). The van der Waals surface area contributed by atoms with E-state index in [1.165, 1.54) is 7.11 Å². The number of carbonyl (C=O) groups is 1. The molecule has 4 heteroatoms. The average Bonchev–Trinajstić information content (AvgIpc) is 2.78. The second kappa shape index (κ2) is 2.19. The standard InChI is InChI=1S/C10H11FO3/c1-13-8(12)10(11)7-3-2-6(14-7)9(10)4-5-9/h2-3,6-7H,4-5H2,1H3/t6-,7+,10-/m0/s1. The zero-order valence-electron chi connectivity index (χ0n) is 7.83. The molecular weight excluding hydrogens is 187 g/mol. The molecule has 0 radical (unpaired) electrons. The fourth-order valence-electron chi connectivity index (χ4n) is 2.73. The maximum atomic E-state index is 14.6. The summed E-state index contributed by atoms with van der Waals surface area (Å²) >= 11 is 0. The number of hydrogen-bond donors (Lipinski definition) is 0. The Kier molecular flexibility index (Phi) is 1.31. The van der Waals surface area contributed by atoms with Gasteiger partial charge in [0.1, 0.15) is 6.10 Å². The van der Waals surface area contributed by atoms with Gasteiger partial charge in [-0.05, 0) is 12.8 Å². The molecule has 1 saturated carbocycles. The second-order valence-electron chi connectivity index (χ2n) is 4.22. The van der Waals surface area contributed by atoms with Gasteiger partial charge in [0.15, 0.2) is 0 Å². The summed E-state index contributed by atoms with van der Waals surface area (Å²) in [6.07, 6.45) is 3.96. The third kappa shape index (κ3) is 0.639. The normalized spacial score (nSPS) is 45.9. The first-order valence-electron chi connectivity index (χ1n) is 4.76. The van der Waals surface area contributed by atoms with Gasteiger partial charge in [-0.3, -0.25) is 0 Å². The Balaban J connectivity index is 2.07. The molecule has 3 atom stereocenters. The van der Waals surface area contributed by atoms with Crippen molar-refractivity contribution >= 4 is 5.97 Å². The fraction of sp³-hybridized carbons (Fsp3) is 0.700. The third-order valence-electron chi connectivity index (χ3n) is 3.69.